The minimum Gasteiger partial charge on any atom is -0.355 e. The predicted octanol–water partition coefficient (Wildman–Crippen LogP) is 4.54. The van der Waals surface area contributed by atoms with Crippen LogP contribution in [0.1, 0.15) is 37.2 Å². The Morgan fingerprint density at radius 1 is 1.16 bits per heavy atom. The fraction of sp³-hybridized carbons (Fsp3) is 0.400. The molecular formula is C20H19Cl2F3N6O. The van der Waals surface area contributed by atoms with E-state index in [1.807, 2.05) is 11.8 Å². The minimum atomic E-state index is -4.65. The molecule has 0 radical (unpaired) electrons. The summed E-state index contributed by atoms with van der Waals surface area (Å²) in [5, 5.41) is 14.8. The number of anilines is 1. The lowest BCUT2D eigenvalue weighted by Gasteiger charge is -2.32. The average molecular weight is 487 g/mol. The lowest BCUT2D eigenvalue weighted by molar-refractivity contribution is -0.146. The van der Waals surface area contributed by atoms with Crippen LogP contribution in [0.25, 0.3) is 5.65 Å². The highest BCUT2D eigenvalue weighted by atomic mass is 35.5. The molecule has 0 unspecified atom stereocenters. The van der Waals surface area contributed by atoms with E-state index in [0.717, 1.165) is 5.56 Å². The SMILES string of the molecule is C[C@@H](NC(=O)C1CCN(c2ccc3nnc(C(F)(F)F)n3n2)CC1)c1ccc(Cl)cc1Cl. The third-order valence-corrected chi connectivity index (χ3v) is 6.04. The first-order valence-electron chi connectivity index (χ1n) is 9.93. The summed E-state index contributed by atoms with van der Waals surface area (Å²) in [6.07, 6.45) is -3.57. The van der Waals surface area contributed by atoms with E-state index in [4.69, 9.17) is 23.2 Å². The number of aromatic nitrogens is 4. The van der Waals surface area contributed by atoms with Gasteiger partial charge in [-0.1, -0.05) is 29.3 Å². The molecule has 3 aromatic rings. The van der Waals surface area contributed by atoms with Gasteiger partial charge in [0.15, 0.2) is 5.65 Å². The van der Waals surface area contributed by atoms with Gasteiger partial charge in [-0.25, -0.2) is 0 Å². The normalized spacial score (nSPS) is 16.4. The maximum atomic E-state index is 13.1. The van der Waals surface area contributed by atoms with Gasteiger partial charge in [-0.15, -0.1) is 15.3 Å². The Labute approximate surface area is 191 Å². The molecule has 1 atom stereocenters. The number of carbonyl (C=O) groups excluding carboxylic acids is 1. The highest BCUT2D eigenvalue weighted by molar-refractivity contribution is 6.35. The smallest absolute Gasteiger partial charge is 0.355 e. The predicted molar refractivity (Wildman–Crippen MR) is 114 cm³/mol. The maximum absolute atomic E-state index is 13.1. The topological polar surface area (TPSA) is 75.4 Å². The van der Waals surface area contributed by atoms with E-state index in [1.54, 1.807) is 24.3 Å². The van der Waals surface area contributed by atoms with Crippen LogP contribution in [0.3, 0.4) is 0 Å². The molecule has 0 saturated carbocycles. The zero-order valence-electron chi connectivity index (χ0n) is 16.9. The number of amides is 1. The summed E-state index contributed by atoms with van der Waals surface area (Å²) >= 11 is 12.1. The van der Waals surface area contributed by atoms with E-state index < -0.39 is 12.0 Å². The summed E-state index contributed by atoms with van der Waals surface area (Å²) in [7, 11) is 0. The molecule has 170 valence electrons. The lowest BCUT2D eigenvalue weighted by atomic mass is 9.95. The van der Waals surface area contributed by atoms with Crippen molar-refractivity contribution >= 4 is 40.6 Å². The molecule has 0 bridgehead atoms. The average Bonchev–Trinajstić information content (AvgIpc) is 3.17. The van der Waals surface area contributed by atoms with Gasteiger partial charge in [0.05, 0.1) is 6.04 Å². The molecule has 32 heavy (non-hydrogen) atoms. The molecule has 1 N–H and O–H groups in total. The van der Waals surface area contributed by atoms with Crippen LogP contribution in [0.2, 0.25) is 10.0 Å². The summed E-state index contributed by atoms with van der Waals surface area (Å²) in [6, 6.07) is 7.89. The second-order valence-corrected chi connectivity index (χ2v) is 8.48. The van der Waals surface area contributed by atoms with Crippen molar-refractivity contribution in [2.24, 2.45) is 5.92 Å². The minimum absolute atomic E-state index is 0.0187. The monoisotopic (exact) mass is 486 g/mol. The van der Waals surface area contributed by atoms with E-state index in [0.29, 0.717) is 46.3 Å². The molecule has 1 aromatic carbocycles. The summed E-state index contributed by atoms with van der Waals surface area (Å²) in [6.45, 7) is 2.81. The summed E-state index contributed by atoms with van der Waals surface area (Å²) in [4.78, 5) is 14.6. The molecule has 1 amide bonds. The number of carbonyl (C=O) groups is 1. The van der Waals surface area contributed by atoms with Crippen molar-refractivity contribution in [3.63, 3.8) is 0 Å². The second kappa shape index (κ2) is 8.74. The quantitative estimate of drug-likeness (QED) is 0.585. The second-order valence-electron chi connectivity index (χ2n) is 7.64. The van der Waals surface area contributed by atoms with Gasteiger partial charge < -0.3 is 10.2 Å². The molecular weight excluding hydrogens is 468 g/mol. The summed E-state index contributed by atoms with van der Waals surface area (Å²) in [5.74, 6) is -1.10. The first-order chi connectivity index (χ1) is 15.1. The van der Waals surface area contributed by atoms with E-state index in [9.17, 15) is 18.0 Å². The van der Waals surface area contributed by atoms with Gasteiger partial charge >= 0.3 is 6.18 Å². The number of fused-ring (bicyclic) bond motifs is 1. The Bertz CT molecular complexity index is 1140. The van der Waals surface area contributed by atoms with Crippen molar-refractivity contribution in [1.82, 2.24) is 25.1 Å². The van der Waals surface area contributed by atoms with Crippen molar-refractivity contribution < 1.29 is 18.0 Å². The van der Waals surface area contributed by atoms with Gasteiger partial charge in [0.2, 0.25) is 5.91 Å². The zero-order valence-corrected chi connectivity index (χ0v) is 18.4. The standard InChI is InChI=1S/C20H19Cl2F3N6O/c1-11(14-3-2-13(21)10-15(14)22)26-18(32)12-6-8-30(9-7-12)17-5-4-16-27-28-19(20(23,24)25)31(16)29-17/h2-5,10-12H,6-9H2,1H3,(H,26,32)/t11-/m1/s1. The first kappa shape index (κ1) is 22.6. The number of nitrogens with zero attached hydrogens (tertiary/aromatic N) is 5. The molecule has 1 aliphatic heterocycles. The van der Waals surface area contributed by atoms with Crippen LogP contribution in [-0.2, 0) is 11.0 Å². The van der Waals surface area contributed by atoms with Crippen LogP contribution < -0.4 is 10.2 Å². The molecule has 0 aliphatic carbocycles. The molecule has 7 nitrogen and oxygen atoms in total. The number of hydrogen-bond donors (Lipinski definition) is 1. The van der Waals surface area contributed by atoms with Gasteiger partial charge in [0.25, 0.3) is 5.82 Å². The van der Waals surface area contributed by atoms with Gasteiger partial charge in [-0.3, -0.25) is 4.79 Å². The van der Waals surface area contributed by atoms with Crippen LogP contribution in [0.5, 0.6) is 0 Å². The highest BCUT2D eigenvalue weighted by Gasteiger charge is 2.38. The molecule has 3 heterocycles. The van der Waals surface area contributed by atoms with E-state index >= 15 is 0 Å². The number of hydrogen-bond acceptors (Lipinski definition) is 5. The van der Waals surface area contributed by atoms with Crippen LogP contribution in [-0.4, -0.2) is 38.8 Å². The number of piperidine rings is 1. The van der Waals surface area contributed by atoms with Gasteiger partial charge in [0, 0.05) is 29.1 Å². The lowest BCUT2D eigenvalue weighted by Crippen LogP contribution is -2.41. The molecule has 1 aliphatic rings. The molecule has 1 saturated heterocycles. The Balaban J connectivity index is 1.40. The molecule has 1 fully saturated rings. The number of nitrogens with one attached hydrogen (secondary N) is 1. The van der Waals surface area contributed by atoms with Crippen LogP contribution in [0, 0.1) is 5.92 Å². The van der Waals surface area contributed by atoms with Crippen molar-refractivity contribution in [3.05, 3.63) is 51.8 Å². The Morgan fingerprint density at radius 2 is 1.88 bits per heavy atom. The summed E-state index contributed by atoms with van der Waals surface area (Å²) < 4.78 is 40.0. The Kier molecular flexibility index (Phi) is 6.17. The highest BCUT2D eigenvalue weighted by Crippen LogP contribution is 2.30. The van der Waals surface area contributed by atoms with Gasteiger partial charge in [-0.05, 0) is 49.6 Å². The van der Waals surface area contributed by atoms with Crippen molar-refractivity contribution in [2.75, 3.05) is 18.0 Å². The maximum Gasteiger partial charge on any atom is 0.453 e. The van der Waals surface area contributed by atoms with Crippen LogP contribution in [0.15, 0.2) is 30.3 Å². The molecule has 4 rings (SSSR count). The van der Waals surface area contributed by atoms with E-state index in [2.05, 4.69) is 20.6 Å². The first-order valence-corrected chi connectivity index (χ1v) is 10.7. The number of benzene rings is 1. The van der Waals surface area contributed by atoms with Gasteiger partial charge in [-0.2, -0.15) is 17.7 Å². The van der Waals surface area contributed by atoms with E-state index in [-0.39, 0.29) is 23.5 Å². The fourth-order valence-corrected chi connectivity index (χ4v) is 4.33. The third kappa shape index (κ3) is 4.61. The number of halogens is 5. The number of rotatable bonds is 4. The van der Waals surface area contributed by atoms with Crippen molar-refractivity contribution in [3.8, 4) is 0 Å². The van der Waals surface area contributed by atoms with Crippen molar-refractivity contribution in [2.45, 2.75) is 32.0 Å². The summed E-state index contributed by atoms with van der Waals surface area (Å²) in [5.41, 5.74) is 0.791. The van der Waals surface area contributed by atoms with Crippen LogP contribution >= 0.6 is 23.2 Å². The Hall–Kier alpha value is -2.59. The van der Waals surface area contributed by atoms with Gasteiger partial charge in [0.1, 0.15) is 5.82 Å². The third-order valence-electron chi connectivity index (χ3n) is 5.48. The molecule has 0 spiro atoms. The molecule has 12 heteroatoms. The zero-order chi connectivity index (χ0) is 23.0. The van der Waals surface area contributed by atoms with Crippen LogP contribution in [0.4, 0.5) is 19.0 Å². The number of alkyl halides is 3. The largest absolute Gasteiger partial charge is 0.453 e. The molecule has 2 aromatic heterocycles. The Morgan fingerprint density at radius 3 is 2.53 bits per heavy atom. The van der Waals surface area contributed by atoms with E-state index in [1.165, 1.54) is 6.07 Å². The fourth-order valence-electron chi connectivity index (χ4n) is 3.76. The van der Waals surface area contributed by atoms with Crippen molar-refractivity contribution in [1.29, 1.82) is 0 Å².